The summed E-state index contributed by atoms with van der Waals surface area (Å²) in [5.74, 6) is 1.61. The Balaban J connectivity index is 1.50. The lowest BCUT2D eigenvalue weighted by Crippen LogP contribution is -2.23. The minimum Gasteiger partial charge on any atom is -0.497 e. The lowest BCUT2D eigenvalue weighted by molar-refractivity contribution is -0.118. The van der Waals surface area contributed by atoms with Crippen LogP contribution in [0.5, 0.6) is 11.5 Å². The minimum atomic E-state index is -0.280. The first-order valence-corrected chi connectivity index (χ1v) is 10.1. The van der Waals surface area contributed by atoms with E-state index in [-0.39, 0.29) is 18.1 Å². The molecule has 4 aromatic rings. The van der Waals surface area contributed by atoms with Gasteiger partial charge in [0.05, 0.1) is 23.7 Å². The van der Waals surface area contributed by atoms with Crippen molar-refractivity contribution in [1.82, 2.24) is 9.55 Å². The van der Waals surface area contributed by atoms with Crippen LogP contribution in [0.15, 0.2) is 71.5 Å². The number of benzene rings is 3. The molecule has 0 atom stereocenters. The van der Waals surface area contributed by atoms with E-state index in [1.54, 1.807) is 61.1 Å². The summed E-state index contributed by atoms with van der Waals surface area (Å²) in [6, 6.07) is 19.7. The molecule has 0 bridgehead atoms. The number of hydrogen-bond donors (Lipinski definition) is 1. The molecule has 0 aliphatic heterocycles. The fourth-order valence-electron chi connectivity index (χ4n) is 3.48. The number of methoxy groups -OCH3 is 1. The van der Waals surface area contributed by atoms with E-state index >= 15 is 0 Å². The molecule has 7 nitrogen and oxygen atoms in total. The number of fused-ring (bicyclic) bond motifs is 1. The first kappa shape index (κ1) is 21.1. The second-order valence-corrected chi connectivity index (χ2v) is 7.33. The summed E-state index contributed by atoms with van der Waals surface area (Å²) in [6.07, 6.45) is 0. The average Bonchev–Trinajstić information content (AvgIpc) is 2.80. The first-order chi connectivity index (χ1) is 15.5. The van der Waals surface area contributed by atoms with Crippen molar-refractivity contribution in [3.63, 3.8) is 0 Å². The smallest absolute Gasteiger partial charge is 0.265 e. The lowest BCUT2D eigenvalue weighted by Gasteiger charge is -2.14. The van der Waals surface area contributed by atoms with Crippen LogP contribution in [0.25, 0.3) is 16.6 Å². The van der Waals surface area contributed by atoms with Crippen molar-refractivity contribution >= 4 is 22.5 Å². The van der Waals surface area contributed by atoms with Crippen LogP contribution in [0.3, 0.4) is 0 Å². The molecule has 162 valence electrons. The number of ether oxygens (including phenoxy) is 2. The van der Waals surface area contributed by atoms with Gasteiger partial charge in [-0.2, -0.15) is 0 Å². The summed E-state index contributed by atoms with van der Waals surface area (Å²) in [7, 11) is 1.59. The van der Waals surface area contributed by atoms with Gasteiger partial charge in [0.25, 0.3) is 11.5 Å². The standard InChI is InChI=1S/C25H23N3O4/c1-16-14-18(28-17(2)26-23-7-5-4-6-21(23)25(28)30)8-13-22(16)27-24(29)15-32-20-11-9-19(31-3)10-12-20/h4-14H,15H2,1-3H3,(H,27,29). The molecule has 0 spiro atoms. The summed E-state index contributed by atoms with van der Waals surface area (Å²) < 4.78 is 12.2. The van der Waals surface area contributed by atoms with Gasteiger partial charge in [-0.25, -0.2) is 4.98 Å². The Morgan fingerprint density at radius 3 is 2.44 bits per heavy atom. The minimum absolute atomic E-state index is 0.124. The fraction of sp³-hybridized carbons (Fsp3) is 0.160. The predicted octanol–water partition coefficient (Wildman–Crippen LogP) is 4.03. The van der Waals surface area contributed by atoms with E-state index in [1.165, 1.54) is 0 Å². The van der Waals surface area contributed by atoms with Gasteiger partial charge in [0.2, 0.25) is 0 Å². The highest BCUT2D eigenvalue weighted by atomic mass is 16.5. The zero-order chi connectivity index (χ0) is 22.7. The van der Waals surface area contributed by atoms with Crippen LogP contribution >= 0.6 is 0 Å². The molecular weight excluding hydrogens is 406 g/mol. The molecular formula is C25H23N3O4. The van der Waals surface area contributed by atoms with Crippen LogP contribution in [0, 0.1) is 13.8 Å². The van der Waals surface area contributed by atoms with E-state index in [1.807, 2.05) is 31.2 Å². The number of carbonyl (C=O) groups is 1. The third kappa shape index (κ3) is 4.32. The van der Waals surface area contributed by atoms with Gasteiger partial charge in [-0.05, 0) is 74.0 Å². The Labute approximate surface area is 185 Å². The number of aromatic nitrogens is 2. The highest BCUT2D eigenvalue weighted by molar-refractivity contribution is 5.92. The van der Waals surface area contributed by atoms with E-state index in [9.17, 15) is 9.59 Å². The van der Waals surface area contributed by atoms with Crippen LogP contribution < -0.4 is 20.3 Å². The Hall–Kier alpha value is -4.13. The Bertz CT molecular complexity index is 1340. The van der Waals surface area contributed by atoms with Crippen LogP contribution in [-0.2, 0) is 4.79 Å². The van der Waals surface area contributed by atoms with Gasteiger partial charge in [-0.15, -0.1) is 0 Å². The van der Waals surface area contributed by atoms with Crippen molar-refractivity contribution < 1.29 is 14.3 Å². The van der Waals surface area contributed by atoms with E-state index in [0.717, 1.165) is 5.56 Å². The normalized spacial score (nSPS) is 10.7. The molecule has 32 heavy (non-hydrogen) atoms. The van der Waals surface area contributed by atoms with Crippen LogP contribution in [-0.4, -0.2) is 29.2 Å². The highest BCUT2D eigenvalue weighted by Crippen LogP contribution is 2.21. The SMILES string of the molecule is COc1ccc(OCC(=O)Nc2ccc(-n3c(C)nc4ccccc4c3=O)cc2C)cc1. The van der Waals surface area contributed by atoms with Gasteiger partial charge in [0.15, 0.2) is 6.61 Å². The maximum absolute atomic E-state index is 13.0. The van der Waals surface area contributed by atoms with Crippen molar-refractivity contribution in [2.75, 3.05) is 19.0 Å². The number of amides is 1. The monoisotopic (exact) mass is 429 g/mol. The fourth-order valence-corrected chi connectivity index (χ4v) is 3.48. The number of nitrogens with zero attached hydrogens (tertiary/aromatic N) is 2. The summed E-state index contributed by atoms with van der Waals surface area (Å²) >= 11 is 0. The van der Waals surface area contributed by atoms with E-state index < -0.39 is 0 Å². The van der Waals surface area contributed by atoms with Crippen LogP contribution in [0.1, 0.15) is 11.4 Å². The van der Waals surface area contributed by atoms with E-state index in [4.69, 9.17) is 9.47 Å². The van der Waals surface area contributed by atoms with Crippen molar-refractivity contribution in [3.8, 4) is 17.2 Å². The van der Waals surface area contributed by atoms with Gasteiger partial charge in [-0.3, -0.25) is 14.2 Å². The molecule has 4 rings (SSSR count). The molecule has 0 aliphatic rings. The molecule has 0 saturated carbocycles. The number of nitrogens with one attached hydrogen (secondary N) is 1. The summed E-state index contributed by atoms with van der Waals surface area (Å²) in [6.45, 7) is 3.55. The molecule has 0 fully saturated rings. The number of rotatable bonds is 6. The number of para-hydroxylation sites is 1. The zero-order valence-electron chi connectivity index (χ0n) is 18.1. The second-order valence-electron chi connectivity index (χ2n) is 7.33. The topological polar surface area (TPSA) is 82.4 Å². The van der Waals surface area contributed by atoms with Gasteiger partial charge < -0.3 is 14.8 Å². The largest absolute Gasteiger partial charge is 0.497 e. The quantitative estimate of drug-likeness (QED) is 0.500. The molecule has 3 aromatic carbocycles. The van der Waals surface area contributed by atoms with Crippen molar-refractivity contribution in [2.24, 2.45) is 0 Å². The third-order valence-corrected chi connectivity index (χ3v) is 5.12. The van der Waals surface area contributed by atoms with Crippen molar-refractivity contribution in [3.05, 3.63) is 88.5 Å². The van der Waals surface area contributed by atoms with Crippen molar-refractivity contribution in [1.29, 1.82) is 0 Å². The molecule has 0 unspecified atom stereocenters. The maximum atomic E-state index is 13.0. The van der Waals surface area contributed by atoms with Gasteiger partial charge in [0.1, 0.15) is 17.3 Å². The number of hydrogen-bond acceptors (Lipinski definition) is 5. The van der Waals surface area contributed by atoms with Gasteiger partial charge in [-0.1, -0.05) is 12.1 Å². The number of carbonyl (C=O) groups excluding carboxylic acids is 1. The Morgan fingerprint density at radius 2 is 1.72 bits per heavy atom. The molecule has 0 aliphatic carbocycles. The summed E-state index contributed by atoms with van der Waals surface area (Å²) in [4.78, 5) is 29.9. The second kappa shape index (κ2) is 8.93. The Morgan fingerprint density at radius 1 is 1.00 bits per heavy atom. The van der Waals surface area contributed by atoms with Crippen LogP contribution in [0.2, 0.25) is 0 Å². The maximum Gasteiger partial charge on any atom is 0.265 e. The molecule has 1 N–H and O–H groups in total. The third-order valence-electron chi connectivity index (χ3n) is 5.12. The van der Waals surface area contributed by atoms with E-state index in [0.29, 0.717) is 39.6 Å². The molecule has 0 radical (unpaired) electrons. The molecule has 1 aromatic heterocycles. The van der Waals surface area contributed by atoms with Gasteiger partial charge in [0, 0.05) is 5.69 Å². The Kier molecular flexibility index (Phi) is 5.89. The van der Waals surface area contributed by atoms with Crippen LogP contribution in [0.4, 0.5) is 5.69 Å². The number of aryl methyl sites for hydroxylation is 2. The lowest BCUT2D eigenvalue weighted by atomic mass is 10.1. The van der Waals surface area contributed by atoms with Crippen molar-refractivity contribution in [2.45, 2.75) is 13.8 Å². The average molecular weight is 429 g/mol. The summed E-state index contributed by atoms with van der Waals surface area (Å²) in [5, 5.41) is 3.41. The first-order valence-electron chi connectivity index (χ1n) is 10.1. The highest BCUT2D eigenvalue weighted by Gasteiger charge is 2.12. The zero-order valence-corrected chi connectivity index (χ0v) is 18.1. The van der Waals surface area contributed by atoms with E-state index in [2.05, 4.69) is 10.3 Å². The molecule has 1 amide bonds. The number of anilines is 1. The molecule has 7 heteroatoms. The summed E-state index contributed by atoms with van der Waals surface area (Å²) in [5.41, 5.74) is 2.70. The molecule has 0 saturated heterocycles. The van der Waals surface area contributed by atoms with Gasteiger partial charge >= 0.3 is 0 Å². The molecule has 1 heterocycles. The predicted molar refractivity (Wildman–Crippen MR) is 124 cm³/mol.